The average Bonchev–Trinajstić information content (AvgIpc) is 2.24. The van der Waals surface area contributed by atoms with Gasteiger partial charge in [-0.25, -0.2) is 8.42 Å². The third-order valence-corrected chi connectivity index (χ3v) is 5.17. The normalized spacial score (nSPS) is 21.6. The first-order chi connectivity index (χ1) is 8.03. The quantitative estimate of drug-likeness (QED) is 0.890. The van der Waals surface area contributed by atoms with Crippen LogP contribution in [0.5, 0.6) is 0 Å². The topological polar surface area (TPSA) is 72.2 Å². The number of nitrogens with two attached hydrogens (primary N) is 1. The van der Waals surface area contributed by atoms with Crippen LogP contribution in [0.4, 0.5) is 5.69 Å². The van der Waals surface area contributed by atoms with E-state index in [4.69, 9.17) is 5.73 Å². The molecule has 0 radical (unpaired) electrons. The molecule has 0 amide bonds. The van der Waals surface area contributed by atoms with Crippen LogP contribution >= 0.6 is 15.9 Å². The Labute approximate surface area is 110 Å². The van der Waals surface area contributed by atoms with Gasteiger partial charge < -0.3 is 11.1 Å². The number of hydrogen-bond acceptors (Lipinski definition) is 4. The first-order valence-corrected chi connectivity index (χ1v) is 7.96. The molecule has 2 rings (SSSR count). The highest BCUT2D eigenvalue weighted by molar-refractivity contribution is 9.10. The van der Waals surface area contributed by atoms with E-state index in [2.05, 4.69) is 21.2 Å². The molecular formula is C11H15BrN2O2S. The zero-order valence-corrected chi connectivity index (χ0v) is 11.7. The molecule has 6 heteroatoms. The summed E-state index contributed by atoms with van der Waals surface area (Å²) in [5.74, 6) is 0.154. The Morgan fingerprint density at radius 2 is 2.24 bits per heavy atom. The van der Waals surface area contributed by atoms with Gasteiger partial charge in [0, 0.05) is 10.5 Å². The molecule has 1 aromatic carbocycles. The van der Waals surface area contributed by atoms with Crippen LogP contribution in [0.1, 0.15) is 12.8 Å². The molecule has 1 aliphatic heterocycles. The molecule has 0 saturated heterocycles. The van der Waals surface area contributed by atoms with Crippen LogP contribution in [-0.4, -0.2) is 26.8 Å². The van der Waals surface area contributed by atoms with Crippen LogP contribution < -0.4 is 11.1 Å². The van der Waals surface area contributed by atoms with E-state index >= 15 is 0 Å². The van der Waals surface area contributed by atoms with Crippen molar-refractivity contribution in [3.05, 3.63) is 22.7 Å². The van der Waals surface area contributed by atoms with E-state index in [1.165, 1.54) is 0 Å². The van der Waals surface area contributed by atoms with Crippen molar-refractivity contribution < 1.29 is 8.42 Å². The third kappa shape index (κ3) is 2.81. The lowest BCUT2D eigenvalue weighted by atomic mass is 10.1. The number of rotatable bonds is 3. The Hall–Kier alpha value is -0.590. The summed E-state index contributed by atoms with van der Waals surface area (Å²) in [4.78, 5) is 0.393. The summed E-state index contributed by atoms with van der Waals surface area (Å²) in [5.41, 5.74) is 6.13. The summed E-state index contributed by atoms with van der Waals surface area (Å²) in [6, 6.07) is 5.16. The van der Waals surface area contributed by atoms with Crippen molar-refractivity contribution in [2.24, 2.45) is 5.73 Å². The molecule has 0 aliphatic carbocycles. The minimum atomic E-state index is -3.16. The summed E-state index contributed by atoms with van der Waals surface area (Å²) >= 11 is 3.35. The lowest BCUT2D eigenvalue weighted by Gasteiger charge is -2.27. The van der Waals surface area contributed by atoms with Gasteiger partial charge in [0.05, 0.1) is 16.3 Å². The highest BCUT2D eigenvalue weighted by Gasteiger charge is 2.29. The van der Waals surface area contributed by atoms with Gasteiger partial charge in [0.2, 0.25) is 0 Å². The second-order valence-corrected chi connectivity index (χ2v) is 7.11. The average molecular weight is 319 g/mol. The molecule has 4 nitrogen and oxygen atoms in total. The van der Waals surface area contributed by atoms with Gasteiger partial charge in [-0.05, 0) is 37.6 Å². The van der Waals surface area contributed by atoms with E-state index in [0.29, 0.717) is 17.1 Å². The number of hydrogen-bond donors (Lipinski definition) is 2. The standard InChI is InChI=1S/C11H15BrN2O2S/c12-8-3-4-11-10(6-8)14-9(2-1-5-13)7-17(11,15)16/h3-4,6,9,14H,1-2,5,7,13H2. The fourth-order valence-electron chi connectivity index (χ4n) is 2.02. The fraction of sp³-hybridized carbons (Fsp3) is 0.455. The summed E-state index contributed by atoms with van der Waals surface area (Å²) in [6.07, 6.45) is 1.61. The van der Waals surface area contributed by atoms with Gasteiger partial charge in [-0.15, -0.1) is 0 Å². The second kappa shape index (κ2) is 4.96. The maximum Gasteiger partial charge on any atom is 0.182 e. The maximum absolute atomic E-state index is 12.1. The van der Waals surface area contributed by atoms with Crippen molar-refractivity contribution in [1.82, 2.24) is 0 Å². The minimum absolute atomic E-state index is 0.0367. The van der Waals surface area contributed by atoms with Crippen LogP contribution in [0.25, 0.3) is 0 Å². The monoisotopic (exact) mass is 318 g/mol. The number of halogens is 1. The zero-order chi connectivity index (χ0) is 12.5. The molecule has 1 heterocycles. The Kier molecular flexibility index (Phi) is 3.75. The van der Waals surface area contributed by atoms with E-state index in [1.54, 1.807) is 12.1 Å². The first kappa shape index (κ1) is 12.9. The van der Waals surface area contributed by atoms with Gasteiger partial charge in [0.15, 0.2) is 9.84 Å². The molecule has 0 bridgehead atoms. The number of fused-ring (bicyclic) bond motifs is 1. The van der Waals surface area contributed by atoms with E-state index in [-0.39, 0.29) is 11.8 Å². The summed E-state index contributed by atoms with van der Waals surface area (Å²) in [6.45, 7) is 0.587. The predicted molar refractivity (Wildman–Crippen MR) is 71.9 cm³/mol. The lowest BCUT2D eigenvalue weighted by Crippen LogP contribution is -2.34. The summed E-state index contributed by atoms with van der Waals surface area (Å²) < 4.78 is 25.0. The van der Waals surface area contributed by atoms with Crippen LogP contribution in [-0.2, 0) is 9.84 Å². The van der Waals surface area contributed by atoms with Gasteiger partial charge in [-0.1, -0.05) is 15.9 Å². The molecule has 0 fully saturated rings. The molecule has 0 saturated carbocycles. The van der Waals surface area contributed by atoms with Crippen molar-refractivity contribution in [3.63, 3.8) is 0 Å². The van der Waals surface area contributed by atoms with Gasteiger partial charge in [-0.3, -0.25) is 0 Å². The molecule has 1 aromatic rings. The highest BCUT2D eigenvalue weighted by Crippen LogP contribution is 2.31. The number of nitrogens with one attached hydrogen (secondary N) is 1. The summed E-state index contributed by atoms with van der Waals surface area (Å²) in [7, 11) is -3.16. The Bertz CT molecular complexity index is 516. The van der Waals surface area contributed by atoms with Crippen molar-refractivity contribution >= 4 is 31.5 Å². The van der Waals surface area contributed by atoms with Crippen LogP contribution in [0, 0.1) is 0 Å². The van der Waals surface area contributed by atoms with Gasteiger partial charge in [0.1, 0.15) is 0 Å². The Morgan fingerprint density at radius 1 is 1.47 bits per heavy atom. The van der Waals surface area contributed by atoms with Crippen LogP contribution in [0.2, 0.25) is 0 Å². The zero-order valence-electron chi connectivity index (χ0n) is 9.32. The molecule has 0 spiro atoms. The molecule has 94 valence electrons. The Balaban J connectivity index is 2.32. The van der Waals surface area contributed by atoms with Crippen LogP contribution in [0.3, 0.4) is 0 Å². The molecule has 3 N–H and O–H groups in total. The van der Waals surface area contributed by atoms with Crippen molar-refractivity contribution in [1.29, 1.82) is 0 Å². The molecular weight excluding hydrogens is 304 g/mol. The SMILES string of the molecule is NCCCC1CS(=O)(=O)c2ccc(Br)cc2N1. The van der Waals surface area contributed by atoms with Gasteiger partial charge in [-0.2, -0.15) is 0 Å². The van der Waals surface area contributed by atoms with Gasteiger partial charge >= 0.3 is 0 Å². The van der Waals surface area contributed by atoms with Gasteiger partial charge in [0.25, 0.3) is 0 Å². The van der Waals surface area contributed by atoms with E-state index in [1.807, 2.05) is 6.07 Å². The Morgan fingerprint density at radius 3 is 2.94 bits per heavy atom. The van der Waals surface area contributed by atoms with E-state index in [9.17, 15) is 8.42 Å². The second-order valence-electron chi connectivity index (χ2n) is 4.19. The van der Waals surface area contributed by atoms with E-state index in [0.717, 1.165) is 17.3 Å². The fourth-order valence-corrected chi connectivity index (χ4v) is 4.07. The number of benzene rings is 1. The first-order valence-electron chi connectivity index (χ1n) is 5.52. The molecule has 1 aliphatic rings. The van der Waals surface area contributed by atoms with Crippen molar-refractivity contribution in [2.75, 3.05) is 17.6 Å². The minimum Gasteiger partial charge on any atom is -0.380 e. The lowest BCUT2D eigenvalue weighted by molar-refractivity contribution is 0.575. The number of sulfone groups is 1. The third-order valence-electron chi connectivity index (χ3n) is 2.81. The highest BCUT2D eigenvalue weighted by atomic mass is 79.9. The largest absolute Gasteiger partial charge is 0.380 e. The molecule has 1 unspecified atom stereocenters. The summed E-state index contributed by atoms with van der Waals surface area (Å²) in [5, 5.41) is 3.26. The van der Waals surface area contributed by atoms with Crippen LogP contribution in [0.15, 0.2) is 27.6 Å². The molecule has 17 heavy (non-hydrogen) atoms. The smallest absolute Gasteiger partial charge is 0.182 e. The maximum atomic E-state index is 12.1. The molecule has 0 aromatic heterocycles. The van der Waals surface area contributed by atoms with Crippen molar-refractivity contribution in [3.8, 4) is 0 Å². The number of anilines is 1. The van der Waals surface area contributed by atoms with E-state index < -0.39 is 9.84 Å². The predicted octanol–water partition coefficient (Wildman–Crippen LogP) is 1.76. The van der Waals surface area contributed by atoms with Crippen molar-refractivity contribution in [2.45, 2.75) is 23.8 Å². The molecule has 1 atom stereocenters.